The van der Waals surface area contributed by atoms with E-state index < -0.39 is 0 Å². The lowest BCUT2D eigenvalue weighted by Crippen LogP contribution is -2.37. The van der Waals surface area contributed by atoms with Gasteiger partial charge in [-0.05, 0) is 56.8 Å². The molecular weight excluding hydrogens is 334 g/mol. The Labute approximate surface area is 156 Å². The first-order valence-corrected chi connectivity index (χ1v) is 9.45. The zero-order chi connectivity index (χ0) is 18.3. The van der Waals surface area contributed by atoms with E-state index in [0.29, 0.717) is 11.7 Å². The molecule has 0 aliphatic carbocycles. The summed E-state index contributed by atoms with van der Waals surface area (Å²) in [6.45, 7) is 7.53. The van der Waals surface area contributed by atoms with E-state index in [-0.39, 0.29) is 11.6 Å². The summed E-state index contributed by atoms with van der Waals surface area (Å²) in [5, 5.41) is 6.47. The highest BCUT2D eigenvalue weighted by Gasteiger charge is 2.35. The minimum Gasteiger partial charge on any atom is -0.494 e. The van der Waals surface area contributed by atoms with Gasteiger partial charge in [0.1, 0.15) is 5.75 Å². The van der Waals surface area contributed by atoms with Crippen molar-refractivity contribution in [2.45, 2.75) is 58.4 Å². The molecule has 1 fully saturated rings. The third kappa shape index (κ3) is 6.20. The molecular formula is C19H29N3O2S. The summed E-state index contributed by atoms with van der Waals surface area (Å²) in [7, 11) is 0. The summed E-state index contributed by atoms with van der Waals surface area (Å²) in [4.78, 5) is 13.9. The van der Waals surface area contributed by atoms with Gasteiger partial charge in [-0.2, -0.15) is 0 Å². The second-order valence-corrected chi connectivity index (χ2v) is 7.50. The number of benzene rings is 1. The molecule has 1 heterocycles. The van der Waals surface area contributed by atoms with Crippen molar-refractivity contribution in [2.24, 2.45) is 0 Å². The van der Waals surface area contributed by atoms with Gasteiger partial charge in [0.2, 0.25) is 0 Å². The Morgan fingerprint density at radius 2 is 1.92 bits per heavy atom. The maximum Gasteiger partial charge on any atom is 0.328 e. The van der Waals surface area contributed by atoms with E-state index >= 15 is 0 Å². The Morgan fingerprint density at radius 1 is 1.24 bits per heavy atom. The molecule has 1 aliphatic rings. The van der Waals surface area contributed by atoms with E-state index in [1.54, 1.807) is 4.90 Å². The van der Waals surface area contributed by atoms with Crippen LogP contribution in [0.1, 0.15) is 52.9 Å². The summed E-state index contributed by atoms with van der Waals surface area (Å²) in [6.07, 6.45) is 6.11. The van der Waals surface area contributed by atoms with Crippen LogP contribution in [0.25, 0.3) is 0 Å². The second-order valence-electron chi connectivity index (χ2n) is 7.12. The predicted molar refractivity (Wildman–Crippen MR) is 106 cm³/mol. The third-order valence-electron chi connectivity index (χ3n) is 4.11. The molecule has 2 amide bonds. The van der Waals surface area contributed by atoms with Crippen LogP contribution in [0, 0.1) is 0 Å². The normalized spacial score (nSPS) is 15.8. The molecule has 0 unspecified atom stereocenters. The topological polar surface area (TPSA) is 53.6 Å². The van der Waals surface area contributed by atoms with Gasteiger partial charge in [0.15, 0.2) is 5.11 Å². The molecule has 2 rings (SSSR count). The first kappa shape index (κ1) is 19.5. The van der Waals surface area contributed by atoms with Gasteiger partial charge in [0, 0.05) is 5.69 Å². The van der Waals surface area contributed by atoms with Gasteiger partial charge in [-0.1, -0.05) is 32.6 Å². The monoisotopic (exact) mass is 363 g/mol. The highest BCUT2D eigenvalue weighted by Crippen LogP contribution is 2.19. The maximum absolute atomic E-state index is 12.4. The largest absolute Gasteiger partial charge is 0.494 e. The lowest BCUT2D eigenvalue weighted by Gasteiger charge is -2.18. The number of rotatable bonds is 8. The van der Waals surface area contributed by atoms with Crippen LogP contribution in [0.2, 0.25) is 0 Å². The zero-order valence-electron chi connectivity index (χ0n) is 15.4. The van der Waals surface area contributed by atoms with Crippen LogP contribution < -0.4 is 15.4 Å². The number of ether oxygens (including phenoxy) is 1. The smallest absolute Gasteiger partial charge is 0.328 e. The van der Waals surface area contributed by atoms with Crippen LogP contribution in [0.5, 0.6) is 5.75 Å². The highest BCUT2D eigenvalue weighted by atomic mass is 32.1. The Morgan fingerprint density at radius 3 is 2.52 bits per heavy atom. The molecule has 0 atom stereocenters. The number of hydrogen-bond acceptors (Lipinski definition) is 3. The first-order chi connectivity index (χ1) is 11.9. The van der Waals surface area contributed by atoms with Crippen molar-refractivity contribution in [1.29, 1.82) is 0 Å². The van der Waals surface area contributed by atoms with E-state index in [4.69, 9.17) is 17.0 Å². The number of urea groups is 1. The lowest BCUT2D eigenvalue weighted by atomic mass is 10.1. The second kappa shape index (κ2) is 9.04. The summed E-state index contributed by atoms with van der Waals surface area (Å²) in [6, 6.07) is 7.25. The van der Waals surface area contributed by atoms with Crippen LogP contribution in [-0.2, 0) is 0 Å². The molecule has 0 radical (unpaired) electrons. The van der Waals surface area contributed by atoms with E-state index in [9.17, 15) is 4.79 Å². The summed E-state index contributed by atoms with van der Waals surface area (Å²) < 4.78 is 5.74. The average molecular weight is 364 g/mol. The van der Waals surface area contributed by atoms with Crippen LogP contribution in [0.15, 0.2) is 24.3 Å². The van der Waals surface area contributed by atoms with E-state index in [2.05, 4.69) is 17.6 Å². The number of hydrogen-bond donors (Lipinski definition) is 2. The molecule has 138 valence electrons. The molecule has 1 aliphatic heterocycles. The van der Waals surface area contributed by atoms with Crippen LogP contribution in [0.3, 0.4) is 0 Å². The van der Waals surface area contributed by atoms with Gasteiger partial charge in [0.25, 0.3) is 0 Å². The fourth-order valence-corrected chi connectivity index (χ4v) is 3.17. The van der Waals surface area contributed by atoms with Gasteiger partial charge in [-0.25, -0.2) is 4.79 Å². The predicted octanol–water partition coefficient (Wildman–Crippen LogP) is 4.54. The summed E-state index contributed by atoms with van der Waals surface area (Å²) in [5.74, 6) is 0.827. The molecule has 6 heteroatoms. The molecule has 0 saturated carbocycles. The fraction of sp³-hybridized carbons (Fsp3) is 0.579. The fourth-order valence-electron chi connectivity index (χ4n) is 2.75. The number of nitrogens with one attached hydrogen (secondary N) is 2. The van der Waals surface area contributed by atoms with E-state index in [1.165, 1.54) is 25.7 Å². The van der Waals surface area contributed by atoms with Gasteiger partial charge < -0.3 is 15.4 Å². The molecule has 1 aromatic carbocycles. The third-order valence-corrected chi connectivity index (χ3v) is 4.43. The van der Waals surface area contributed by atoms with Crippen molar-refractivity contribution in [1.82, 2.24) is 10.2 Å². The number of thiocarbonyl (C=S) groups is 1. The van der Waals surface area contributed by atoms with Crippen LogP contribution in [0.4, 0.5) is 10.5 Å². The Kier molecular flexibility index (Phi) is 7.05. The van der Waals surface area contributed by atoms with Crippen molar-refractivity contribution in [3.63, 3.8) is 0 Å². The Bertz CT molecular complexity index is 587. The zero-order valence-corrected chi connectivity index (χ0v) is 16.2. The van der Waals surface area contributed by atoms with Crippen molar-refractivity contribution in [2.75, 3.05) is 18.5 Å². The molecule has 0 spiro atoms. The Balaban J connectivity index is 1.76. The molecule has 0 aromatic heterocycles. The van der Waals surface area contributed by atoms with Crippen LogP contribution >= 0.6 is 12.2 Å². The molecule has 1 aromatic rings. The standard InChI is InChI=1S/C19H29N3O2S/c1-4-5-6-7-8-13-24-16-11-9-15(10-12-16)20-17(23)22-14-19(2,3)21-18(22)25/h9-12H,4-8,13-14H2,1-3H3,(H,20,23)(H,21,25). The van der Waals surface area contributed by atoms with E-state index in [1.807, 2.05) is 38.1 Å². The molecule has 1 saturated heterocycles. The Hall–Kier alpha value is -1.82. The lowest BCUT2D eigenvalue weighted by molar-refractivity contribution is 0.233. The minimum atomic E-state index is -0.215. The van der Waals surface area contributed by atoms with Crippen molar-refractivity contribution >= 4 is 29.0 Å². The number of nitrogens with zero attached hydrogens (tertiary/aromatic N) is 1. The molecule has 2 N–H and O–H groups in total. The van der Waals surface area contributed by atoms with Crippen molar-refractivity contribution in [3.8, 4) is 5.75 Å². The highest BCUT2D eigenvalue weighted by molar-refractivity contribution is 7.80. The van der Waals surface area contributed by atoms with Gasteiger partial charge in [-0.3, -0.25) is 4.90 Å². The number of unbranched alkanes of at least 4 members (excludes halogenated alkanes) is 4. The van der Waals surface area contributed by atoms with Gasteiger partial charge in [0.05, 0.1) is 18.7 Å². The number of anilines is 1. The SMILES string of the molecule is CCCCCCCOc1ccc(NC(=O)N2CC(C)(C)NC2=S)cc1. The van der Waals surface area contributed by atoms with Crippen molar-refractivity contribution in [3.05, 3.63) is 24.3 Å². The number of carbonyl (C=O) groups is 1. The number of amides is 2. The first-order valence-electron chi connectivity index (χ1n) is 9.05. The minimum absolute atomic E-state index is 0.191. The molecule has 0 bridgehead atoms. The van der Waals surface area contributed by atoms with Crippen LogP contribution in [-0.4, -0.2) is 34.7 Å². The molecule has 25 heavy (non-hydrogen) atoms. The van der Waals surface area contributed by atoms with E-state index in [0.717, 1.165) is 24.5 Å². The quantitative estimate of drug-likeness (QED) is 0.526. The average Bonchev–Trinajstić information content (AvgIpc) is 2.85. The molecule has 5 nitrogen and oxygen atoms in total. The number of carbonyl (C=O) groups excluding carboxylic acids is 1. The maximum atomic E-state index is 12.4. The summed E-state index contributed by atoms with van der Waals surface area (Å²) in [5.41, 5.74) is 0.538. The van der Waals surface area contributed by atoms with Gasteiger partial charge in [-0.15, -0.1) is 0 Å². The van der Waals surface area contributed by atoms with Crippen molar-refractivity contribution < 1.29 is 9.53 Å². The van der Waals surface area contributed by atoms with Gasteiger partial charge >= 0.3 is 6.03 Å². The summed E-state index contributed by atoms with van der Waals surface area (Å²) >= 11 is 5.22.